The standard InChI is InChI=1S/2C8H7BrO/c2*9-6-8(10)7-4-2-1-3-5-7/h2*1-5H,6H2. The summed E-state index contributed by atoms with van der Waals surface area (Å²) in [5.74, 6) is 0.251. The van der Waals surface area contributed by atoms with Crippen molar-refractivity contribution >= 4 is 43.4 Å². The Morgan fingerprint density at radius 2 is 0.950 bits per heavy atom. The third-order valence-electron chi connectivity index (χ3n) is 2.43. The van der Waals surface area contributed by atoms with E-state index in [1.54, 1.807) is 0 Å². The number of hydrogen-bond donors (Lipinski definition) is 0. The summed E-state index contributed by atoms with van der Waals surface area (Å²) >= 11 is 6.20. The van der Waals surface area contributed by atoms with Gasteiger partial charge in [-0.1, -0.05) is 92.5 Å². The van der Waals surface area contributed by atoms with Gasteiger partial charge in [0.25, 0.3) is 0 Å². The van der Waals surface area contributed by atoms with E-state index >= 15 is 0 Å². The van der Waals surface area contributed by atoms with Crippen LogP contribution in [0, 0.1) is 0 Å². The van der Waals surface area contributed by atoms with E-state index in [1.165, 1.54) is 0 Å². The quantitative estimate of drug-likeness (QED) is 0.561. The van der Waals surface area contributed by atoms with Crippen LogP contribution in [0.25, 0.3) is 0 Å². The van der Waals surface area contributed by atoms with Gasteiger partial charge in [-0.05, 0) is 0 Å². The molecule has 0 amide bonds. The summed E-state index contributed by atoms with van der Waals surface area (Å²) in [5, 5.41) is 0.800. The number of Topliss-reactive ketones (excluding diaryl/α,β-unsaturated/α-hetero) is 2. The van der Waals surface area contributed by atoms with Crippen molar-refractivity contribution < 1.29 is 9.59 Å². The van der Waals surface area contributed by atoms with Crippen LogP contribution in [0.3, 0.4) is 0 Å². The van der Waals surface area contributed by atoms with Crippen LogP contribution in [-0.2, 0) is 0 Å². The summed E-state index contributed by atoms with van der Waals surface area (Å²) in [6.45, 7) is 0. The molecule has 20 heavy (non-hydrogen) atoms. The molecule has 0 bridgehead atoms. The average molecular weight is 398 g/mol. The van der Waals surface area contributed by atoms with E-state index in [9.17, 15) is 9.59 Å². The monoisotopic (exact) mass is 396 g/mol. The highest BCUT2D eigenvalue weighted by Crippen LogP contribution is 2.01. The summed E-state index contributed by atoms with van der Waals surface area (Å²) < 4.78 is 0. The normalized spacial score (nSPS) is 9.30. The molecule has 2 aromatic carbocycles. The van der Waals surface area contributed by atoms with Crippen molar-refractivity contribution in [1.82, 2.24) is 0 Å². The minimum atomic E-state index is 0.126. The summed E-state index contributed by atoms with van der Waals surface area (Å²) in [6.07, 6.45) is 0. The topological polar surface area (TPSA) is 34.1 Å². The van der Waals surface area contributed by atoms with Crippen molar-refractivity contribution in [2.75, 3.05) is 10.7 Å². The molecule has 0 aliphatic rings. The summed E-state index contributed by atoms with van der Waals surface area (Å²) in [5.41, 5.74) is 1.53. The maximum Gasteiger partial charge on any atom is 0.173 e. The molecule has 0 aliphatic heterocycles. The average Bonchev–Trinajstić information content (AvgIpc) is 2.55. The number of rotatable bonds is 4. The van der Waals surface area contributed by atoms with Crippen LogP contribution >= 0.6 is 31.9 Å². The third-order valence-corrected chi connectivity index (χ3v) is 3.45. The van der Waals surface area contributed by atoms with Gasteiger partial charge in [0.2, 0.25) is 0 Å². The van der Waals surface area contributed by atoms with Gasteiger partial charge in [-0.15, -0.1) is 0 Å². The molecule has 0 heterocycles. The number of carbonyl (C=O) groups is 2. The zero-order chi connectivity index (χ0) is 14.8. The van der Waals surface area contributed by atoms with Crippen LogP contribution in [0.4, 0.5) is 0 Å². The second-order valence-corrected chi connectivity index (χ2v) is 4.97. The minimum absolute atomic E-state index is 0.126. The first kappa shape index (κ1) is 16.8. The minimum Gasteiger partial charge on any atom is -0.293 e. The van der Waals surface area contributed by atoms with Gasteiger partial charge in [0.15, 0.2) is 11.6 Å². The van der Waals surface area contributed by atoms with E-state index < -0.39 is 0 Å². The van der Waals surface area contributed by atoms with Gasteiger partial charge >= 0.3 is 0 Å². The van der Waals surface area contributed by atoms with Gasteiger partial charge in [-0.3, -0.25) is 9.59 Å². The zero-order valence-corrected chi connectivity index (χ0v) is 13.9. The maximum absolute atomic E-state index is 11.0. The van der Waals surface area contributed by atoms with Crippen molar-refractivity contribution in [3.8, 4) is 0 Å². The molecule has 0 aliphatic carbocycles. The van der Waals surface area contributed by atoms with E-state index in [-0.39, 0.29) is 11.6 Å². The molecule has 0 aromatic heterocycles. The fraction of sp³-hybridized carbons (Fsp3) is 0.125. The Hall–Kier alpha value is -1.26. The Balaban J connectivity index is 0.000000200. The highest BCUT2D eigenvalue weighted by molar-refractivity contribution is 9.09. The van der Waals surface area contributed by atoms with Crippen LogP contribution in [0.2, 0.25) is 0 Å². The SMILES string of the molecule is O=C(CBr)c1ccccc1.O=C(CBr)c1ccccc1. The molecule has 2 aromatic rings. The van der Waals surface area contributed by atoms with Gasteiger partial charge < -0.3 is 0 Å². The molecule has 2 rings (SSSR count). The Bertz CT molecular complexity index is 487. The molecule has 0 unspecified atom stereocenters. The molecule has 104 valence electrons. The van der Waals surface area contributed by atoms with E-state index in [0.717, 1.165) is 11.1 Å². The second kappa shape index (κ2) is 9.61. The number of halogens is 2. The summed E-state index contributed by atoms with van der Waals surface area (Å²) in [7, 11) is 0. The summed E-state index contributed by atoms with van der Waals surface area (Å²) in [6, 6.07) is 18.5. The first-order valence-corrected chi connectivity index (χ1v) is 8.21. The van der Waals surface area contributed by atoms with E-state index in [4.69, 9.17) is 0 Å². The maximum atomic E-state index is 11.0. The first-order valence-electron chi connectivity index (χ1n) is 5.97. The number of benzene rings is 2. The molecular formula is C16H14Br2O2. The first-order chi connectivity index (χ1) is 9.69. The fourth-order valence-electron chi connectivity index (χ4n) is 1.40. The van der Waals surface area contributed by atoms with E-state index in [1.807, 2.05) is 60.7 Å². The molecule has 4 heteroatoms. The molecule has 0 spiro atoms. The van der Waals surface area contributed by atoms with Crippen molar-refractivity contribution in [3.05, 3.63) is 71.8 Å². The lowest BCUT2D eigenvalue weighted by Crippen LogP contribution is -1.98. The third kappa shape index (κ3) is 5.80. The highest BCUT2D eigenvalue weighted by atomic mass is 79.9. The molecule has 0 atom stereocenters. The molecule has 0 saturated carbocycles. The molecular weight excluding hydrogens is 384 g/mol. The largest absolute Gasteiger partial charge is 0.293 e. The Morgan fingerprint density at radius 3 is 1.20 bits per heavy atom. The fourth-order valence-corrected chi connectivity index (χ4v) is 2.05. The van der Waals surface area contributed by atoms with Crippen LogP contribution in [0.15, 0.2) is 60.7 Å². The lowest BCUT2D eigenvalue weighted by Gasteiger charge is -1.92. The number of hydrogen-bond acceptors (Lipinski definition) is 2. The molecule has 0 saturated heterocycles. The Labute approximate surface area is 135 Å². The molecule has 0 fully saturated rings. The van der Waals surface area contributed by atoms with Crippen LogP contribution in [0.1, 0.15) is 20.7 Å². The van der Waals surface area contributed by atoms with Crippen molar-refractivity contribution in [3.63, 3.8) is 0 Å². The number of ketones is 2. The van der Waals surface area contributed by atoms with Crippen molar-refractivity contribution in [1.29, 1.82) is 0 Å². The smallest absolute Gasteiger partial charge is 0.173 e. The van der Waals surface area contributed by atoms with Gasteiger partial charge in [0, 0.05) is 11.1 Å². The Morgan fingerprint density at radius 1 is 0.650 bits per heavy atom. The number of alkyl halides is 2. The van der Waals surface area contributed by atoms with Crippen LogP contribution in [-0.4, -0.2) is 22.2 Å². The lowest BCUT2D eigenvalue weighted by molar-refractivity contribution is 0.101. The van der Waals surface area contributed by atoms with E-state index in [2.05, 4.69) is 31.9 Å². The van der Waals surface area contributed by atoms with Crippen LogP contribution < -0.4 is 0 Å². The Kier molecular flexibility index (Phi) is 8.07. The lowest BCUT2D eigenvalue weighted by atomic mass is 10.2. The molecule has 0 radical (unpaired) electrons. The van der Waals surface area contributed by atoms with Gasteiger partial charge in [0.05, 0.1) is 10.7 Å². The van der Waals surface area contributed by atoms with Gasteiger partial charge in [-0.2, -0.15) is 0 Å². The van der Waals surface area contributed by atoms with Gasteiger partial charge in [-0.25, -0.2) is 0 Å². The highest BCUT2D eigenvalue weighted by Gasteiger charge is 2.00. The van der Waals surface area contributed by atoms with Crippen molar-refractivity contribution in [2.45, 2.75) is 0 Å². The summed E-state index contributed by atoms with van der Waals surface area (Å²) in [4.78, 5) is 21.9. The zero-order valence-electron chi connectivity index (χ0n) is 10.8. The van der Waals surface area contributed by atoms with Crippen LogP contribution in [0.5, 0.6) is 0 Å². The van der Waals surface area contributed by atoms with Gasteiger partial charge in [0.1, 0.15) is 0 Å². The molecule has 0 N–H and O–H groups in total. The van der Waals surface area contributed by atoms with Crippen molar-refractivity contribution in [2.24, 2.45) is 0 Å². The van der Waals surface area contributed by atoms with E-state index in [0.29, 0.717) is 10.7 Å². The predicted molar refractivity (Wildman–Crippen MR) is 89.1 cm³/mol. The number of carbonyl (C=O) groups excluding carboxylic acids is 2. The second-order valence-electron chi connectivity index (χ2n) is 3.85. The predicted octanol–water partition coefficient (Wildman–Crippen LogP) is 4.53. The molecule has 2 nitrogen and oxygen atoms in total.